The molecule has 1 amide bonds. The van der Waals surface area contributed by atoms with Gasteiger partial charge >= 0.3 is 12.3 Å². The molecule has 2 bridgehead atoms. The average molecular weight is 378 g/mol. The third kappa shape index (κ3) is 5.95. The quantitative estimate of drug-likeness (QED) is 0.585. The number of halogens is 3. The first-order valence-electron chi connectivity index (χ1n) is 9.04. The summed E-state index contributed by atoms with van der Waals surface area (Å²) in [4.78, 5) is 18.3. The number of hydrogen-bond donors (Lipinski definition) is 2. The second kappa shape index (κ2) is 7.92. The standard InChI is InChI=1S/C17H29F3N4O2/c1-16(2,3)26-15(25)24-12-5-6-13(24)10-11(9-12)23-14(21-4)22-8-7-17(18,19)20/h11-13H,5-10H2,1-4H3,(H2,21,22,23). The minimum absolute atomic E-state index is 0.0725. The maximum absolute atomic E-state index is 12.4. The summed E-state index contributed by atoms with van der Waals surface area (Å²) in [5, 5.41) is 5.90. The van der Waals surface area contributed by atoms with Crippen LogP contribution in [0.4, 0.5) is 18.0 Å². The number of amides is 1. The highest BCUT2D eigenvalue weighted by Gasteiger charge is 2.45. The number of nitrogens with zero attached hydrogens (tertiary/aromatic N) is 2. The Bertz CT molecular complexity index is 517. The third-order valence-corrected chi connectivity index (χ3v) is 4.60. The number of ether oxygens (including phenoxy) is 1. The topological polar surface area (TPSA) is 66.0 Å². The number of rotatable bonds is 3. The molecule has 0 aromatic carbocycles. The van der Waals surface area contributed by atoms with Crippen LogP contribution < -0.4 is 10.6 Å². The van der Waals surface area contributed by atoms with Crippen molar-refractivity contribution in [2.24, 2.45) is 4.99 Å². The first kappa shape index (κ1) is 20.6. The molecule has 2 aliphatic heterocycles. The van der Waals surface area contributed by atoms with Gasteiger partial charge in [0.2, 0.25) is 0 Å². The third-order valence-electron chi connectivity index (χ3n) is 4.60. The van der Waals surface area contributed by atoms with Crippen molar-refractivity contribution in [1.82, 2.24) is 15.5 Å². The van der Waals surface area contributed by atoms with E-state index in [-0.39, 0.29) is 30.8 Å². The van der Waals surface area contributed by atoms with Crippen molar-refractivity contribution in [3.63, 3.8) is 0 Å². The van der Waals surface area contributed by atoms with Crippen LogP contribution in [0.3, 0.4) is 0 Å². The van der Waals surface area contributed by atoms with E-state index in [0.717, 1.165) is 25.7 Å². The van der Waals surface area contributed by atoms with Crippen molar-refractivity contribution in [3.8, 4) is 0 Å². The van der Waals surface area contributed by atoms with Crippen LogP contribution in [-0.4, -0.2) is 60.4 Å². The summed E-state index contributed by atoms with van der Waals surface area (Å²) in [6.45, 7) is 5.32. The van der Waals surface area contributed by atoms with E-state index < -0.39 is 18.2 Å². The molecule has 26 heavy (non-hydrogen) atoms. The molecule has 0 spiro atoms. The second-order valence-electron chi connectivity index (χ2n) is 7.95. The van der Waals surface area contributed by atoms with E-state index in [1.165, 1.54) is 7.05 Å². The summed E-state index contributed by atoms with van der Waals surface area (Å²) >= 11 is 0. The minimum Gasteiger partial charge on any atom is -0.444 e. The lowest BCUT2D eigenvalue weighted by atomic mass is 9.98. The highest BCUT2D eigenvalue weighted by atomic mass is 19.4. The van der Waals surface area contributed by atoms with Crippen LogP contribution in [0.1, 0.15) is 52.9 Å². The average Bonchev–Trinajstić information content (AvgIpc) is 2.75. The van der Waals surface area contributed by atoms with Crippen LogP contribution in [0.15, 0.2) is 4.99 Å². The lowest BCUT2D eigenvalue weighted by Gasteiger charge is -2.40. The zero-order valence-corrected chi connectivity index (χ0v) is 15.8. The van der Waals surface area contributed by atoms with Gasteiger partial charge in [-0.1, -0.05) is 0 Å². The summed E-state index contributed by atoms with van der Waals surface area (Å²) < 4.78 is 42.3. The fraction of sp³-hybridized carbons (Fsp3) is 0.882. The van der Waals surface area contributed by atoms with Gasteiger partial charge in [-0.15, -0.1) is 0 Å². The van der Waals surface area contributed by atoms with Crippen molar-refractivity contribution in [2.75, 3.05) is 13.6 Å². The largest absolute Gasteiger partial charge is 0.444 e. The van der Waals surface area contributed by atoms with Crippen molar-refractivity contribution in [3.05, 3.63) is 0 Å². The molecule has 0 radical (unpaired) electrons. The van der Waals surface area contributed by atoms with E-state index in [1.807, 2.05) is 25.7 Å². The maximum atomic E-state index is 12.4. The van der Waals surface area contributed by atoms with Gasteiger partial charge in [-0.3, -0.25) is 4.99 Å². The van der Waals surface area contributed by atoms with Crippen LogP contribution in [0, 0.1) is 0 Å². The lowest BCUT2D eigenvalue weighted by Crippen LogP contribution is -2.55. The highest BCUT2D eigenvalue weighted by molar-refractivity contribution is 5.80. The number of fused-ring (bicyclic) bond motifs is 2. The molecule has 2 N–H and O–H groups in total. The molecule has 0 aliphatic carbocycles. The predicted molar refractivity (Wildman–Crippen MR) is 93.1 cm³/mol. The van der Waals surface area contributed by atoms with Crippen LogP contribution >= 0.6 is 0 Å². The summed E-state index contributed by atoms with van der Waals surface area (Å²) in [6.07, 6.45) is -2.08. The molecule has 2 saturated heterocycles. The summed E-state index contributed by atoms with van der Waals surface area (Å²) in [6, 6.07) is 0.257. The van der Waals surface area contributed by atoms with Crippen molar-refractivity contribution < 1.29 is 22.7 Å². The summed E-state index contributed by atoms with van der Waals surface area (Å²) in [5.41, 5.74) is -0.532. The SMILES string of the molecule is CN=C(NCCC(F)(F)F)NC1CC2CCC(C1)N2C(=O)OC(C)(C)C. The van der Waals surface area contributed by atoms with E-state index in [2.05, 4.69) is 15.6 Å². The van der Waals surface area contributed by atoms with Crippen molar-refractivity contribution in [1.29, 1.82) is 0 Å². The smallest absolute Gasteiger partial charge is 0.410 e. The fourth-order valence-corrected chi connectivity index (χ4v) is 3.62. The number of carbonyl (C=O) groups excluding carboxylic acids is 1. The Morgan fingerprint density at radius 1 is 1.19 bits per heavy atom. The van der Waals surface area contributed by atoms with Gasteiger partial charge < -0.3 is 20.3 Å². The molecule has 2 rings (SSSR count). The van der Waals surface area contributed by atoms with E-state index in [4.69, 9.17) is 4.74 Å². The molecular weight excluding hydrogens is 349 g/mol. The molecule has 0 aromatic heterocycles. The molecular formula is C17H29F3N4O2. The van der Waals surface area contributed by atoms with Gasteiger partial charge in [0, 0.05) is 31.7 Å². The van der Waals surface area contributed by atoms with Gasteiger partial charge in [-0.2, -0.15) is 13.2 Å². The number of carbonyl (C=O) groups is 1. The van der Waals surface area contributed by atoms with Crippen LogP contribution in [0.5, 0.6) is 0 Å². The number of hydrogen-bond acceptors (Lipinski definition) is 3. The van der Waals surface area contributed by atoms with Crippen molar-refractivity contribution >= 4 is 12.1 Å². The maximum Gasteiger partial charge on any atom is 0.410 e. The van der Waals surface area contributed by atoms with Gasteiger partial charge in [-0.05, 0) is 46.5 Å². The number of guanidine groups is 1. The van der Waals surface area contributed by atoms with Crippen molar-refractivity contribution in [2.45, 2.75) is 82.8 Å². The summed E-state index contributed by atoms with van der Waals surface area (Å²) in [7, 11) is 1.54. The normalized spacial score (nSPS) is 26.7. The molecule has 2 heterocycles. The number of nitrogens with one attached hydrogen (secondary N) is 2. The Morgan fingerprint density at radius 3 is 2.23 bits per heavy atom. The zero-order chi connectivity index (χ0) is 19.5. The number of aliphatic imine (C=N–C) groups is 1. The molecule has 2 atom stereocenters. The van der Waals surface area contributed by atoms with E-state index in [9.17, 15) is 18.0 Å². The van der Waals surface area contributed by atoms with Gasteiger partial charge in [0.25, 0.3) is 0 Å². The van der Waals surface area contributed by atoms with E-state index in [1.54, 1.807) is 0 Å². The molecule has 2 unspecified atom stereocenters. The van der Waals surface area contributed by atoms with E-state index >= 15 is 0 Å². The van der Waals surface area contributed by atoms with E-state index in [0.29, 0.717) is 5.96 Å². The van der Waals surface area contributed by atoms with Gasteiger partial charge in [0.1, 0.15) is 5.60 Å². The first-order valence-corrected chi connectivity index (χ1v) is 9.04. The lowest BCUT2D eigenvalue weighted by molar-refractivity contribution is -0.132. The van der Waals surface area contributed by atoms with Crippen LogP contribution in [0.25, 0.3) is 0 Å². The Balaban J connectivity index is 1.87. The van der Waals surface area contributed by atoms with Gasteiger partial charge in [-0.25, -0.2) is 4.79 Å². The zero-order valence-electron chi connectivity index (χ0n) is 15.8. The minimum atomic E-state index is -4.19. The molecule has 0 saturated carbocycles. The number of alkyl halides is 3. The predicted octanol–water partition coefficient (Wildman–Crippen LogP) is 3.03. The summed E-state index contributed by atoms with van der Waals surface area (Å²) in [5.74, 6) is 0.365. The van der Waals surface area contributed by atoms with Gasteiger partial charge in [0.15, 0.2) is 5.96 Å². The Labute approximate surface area is 152 Å². The molecule has 6 nitrogen and oxygen atoms in total. The molecule has 2 aliphatic rings. The fourth-order valence-electron chi connectivity index (χ4n) is 3.62. The molecule has 2 fully saturated rings. The molecule has 150 valence electrons. The second-order valence-corrected chi connectivity index (χ2v) is 7.95. The number of piperidine rings is 1. The Kier molecular flexibility index (Phi) is 6.29. The highest BCUT2D eigenvalue weighted by Crippen LogP contribution is 2.36. The van der Waals surface area contributed by atoms with Gasteiger partial charge in [0.05, 0.1) is 6.42 Å². The molecule has 0 aromatic rings. The van der Waals surface area contributed by atoms with Crippen LogP contribution in [0.2, 0.25) is 0 Å². The Morgan fingerprint density at radius 2 is 1.77 bits per heavy atom. The first-order chi connectivity index (χ1) is 12.0. The molecule has 9 heteroatoms. The Hall–Kier alpha value is -1.67. The monoisotopic (exact) mass is 378 g/mol. The van der Waals surface area contributed by atoms with Crippen LogP contribution in [-0.2, 0) is 4.74 Å².